The van der Waals surface area contributed by atoms with Crippen molar-refractivity contribution in [2.24, 2.45) is 0 Å². The van der Waals surface area contributed by atoms with Crippen LogP contribution in [0.2, 0.25) is 0 Å². The summed E-state index contributed by atoms with van der Waals surface area (Å²) in [6.45, 7) is 1.44. The molecule has 0 unspecified atom stereocenters. The summed E-state index contributed by atoms with van der Waals surface area (Å²) in [4.78, 5) is 22.3. The van der Waals surface area contributed by atoms with E-state index < -0.39 is 17.8 Å². The average Bonchev–Trinajstić information content (AvgIpc) is 2.43. The van der Waals surface area contributed by atoms with Crippen LogP contribution in [0, 0.1) is 5.82 Å². The van der Waals surface area contributed by atoms with Gasteiger partial charge >= 0.3 is 11.9 Å². The highest BCUT2D eigenvalue weighted by atomic mass is 19.1. The molecule has 1 aliphatic heterocycles. The van der Waals surface area contributed by atoms with Crippen molar-refractivity contribution in [3.8, 4) is 0 Å². The minimum absolute atomic E-state index is 0.0121. The quantitative estimate of drug-likeness (QED) is 0.518. The summed E-state index contributed by atoms with van der Waals surface area (Å²) in [6.07, 6.45) is 0. The van der Waals surface area contributed by atoms with Crippen molar-refractivity contribution >= 4 is 17.5 Å². The topological polar surface area (TPSA) is 43.4 Å². The van der Waals surface area contributed by atoms with Crippen LogP contribution in [0.5, 0.6) is 0 Å². The zero-order chi connectivity index (χ0) is 11.0. The zero-order valence-electron chi connectivity index (χ0n) is 7.91. The van der Waals surface area contributed by atoms with E-state index in [1.807, 2.05) is 0 Å². The van der Waals surface area contributed by atoms with Crippen molar-refractivity contribution in [2.75, 3.05) is 0 Å². The van der Waals surface area contributed by atoms with Crippen LogP contribution in [0.15, 0.2) is 29.8 Å². The number of cyclic esters (lactones) is 2. The van der Waals surface area contributed by atoms with Crippen LogP contribution in [-0.4, -0.2) is 11.9 Å². The van der Waals surface area contributed by atoms with Gasteiger partial charge in [-0.2, -0.15) is 0 Å². The number of hydrogen-bond acceptors (Lipinski definition) is 3. The van der Waals surface area contributed by atoms with E-state index >= 15 is 0 Å². The normalized spacial score (nSPS) is 15.9. The smallest absolute Gasteiger partial charge is 0.347 e. The minimum Gasteiger partial charge on any atom is -0.386 e. The molecule has 0 fully saturated rings. The number of carbonyl (C=O) groups excluding carboxylic acids is 2. The second-order valence-corrected chi connectivity index (χ2v) is 3.16. The van der Waals surface area contributed by atoms with Gasteiger partial charge in [0, 0.05) is 11.1 Å². The first kappa shape index (κ1) is 9.58. The molecule has 3 nitrogen and oxygen atoms in total. The molecule has 0 saturated carbocycles. The Hall–Kier alpha value is -1.97. The van der Waals surface area contributed by atoms with Gasteiger partial charge in [-0.25, -0.2) is 14.0 Å². The number of ether oxygens (including phenoxy) is 1. The lowest BCUT2D eigenvalue weighted by Crippen LogP contribution is -2.02. The van der Waals surface area contributed by atoms with Crippen molar-refractivity contribution in [3.63, 3.8) is 0 Å². The summed E-state index contributed by atoms with van der Waals surface area (Å²) in [5.41, 5.74) is 0.258. The number of halogens is 1. The molecular weight excluding hydrogens is 199 g/mol. The first-order valence-corrected chi connectivity index (χ1v) is 4.33. The molecule has 0 atom stereocenters. The van der Waals surface area contributed by atoms with Gasteiger partial charge in [0.2, 0.25) is 0 Å². The van der Waals surface area contributed by atoms with Crippen LogP contribution in [-0.2, 0) is 14.3 Å². The van der Waals surface area contributed by atoms with Gasteiger partial charge in [0.15, 0.2) is 0 Å². The Labute approximate surface area is 85.2 Å². The fourth-order valence-electron chi connectivity index (χ4n) is 1.44. The van der Waals surface area contributed by atoms with Crippen molar-refractivity contribution < 1.29 is 18.7 Å². The van der Waals surface area contributed by atoms with Crippen LogP contribution < -0.4 is 0 Å². The van der Waals surface area contributed by atoms with Gasteiger partial charge in [0.25, 0.3) is 0 Å². The van der Waals surface area contributed by atoms with Crippen LogP contribution in [0.1, 0.15) is 12.5 Å². The lowest BCUT2D eigenvalue weighted by Gasteiger charge is -2.00. The summed E-state index contributed by atoms with van der Waals surface area (Å²) in [6, 6.07) is 5.77. The largest absolute Gasteiger partial charge is 0.386 e. The van der Waals surface area contributed by atoms with E-state index in [1.54, 1.807) is 6.07 Å². The molecule has 0 aliphatic carbocycles. The molecular formula is C11H7FO3. The predicted octanol–water partition coefficient (Wildman–Crippen LogP) is 1.68. The van der Waals surface area contributed by atoms with Crippen molar-refractivity contribution in [3.05, 3.63) is 41.2 Å². The summed E-state index contributed by atoms with van der Waals surface area (Å²) >= 11 is 0. The van der Waals surface area contributed by atoms with E-state index in [1.165, 1.54) is 25.1 Å². The Bertz CT molecular complexity index is 488. The molecule has 0 aromatic heterocycles. The molecule has 0 bridgehead atoms. The van der Waals surface area contributed by atoms with Crippen molar-refractivity contribution in [1.29, 1.82) is 0 Å². The maximum atomic E-state index is 13.4. The van der Waals surface area contributed by atoms with Gasteiger partial charge in [0.05, 0.1) is 5.57 Å². The molecule has 4 heteroatoms. The van der Waals surface area contributed by atoms with Gasteiger partial charge in [-0.15, -0.1) is 0 Å². The summed E-state index contributed by atoms with van der Waals surface area (Å²) in [7, 11) is 0. The summed E-state index contributed by atoms with van der Waals surface area (Å²) in [5, 5.41) is 0. The molecule has 0 radical (unpaired) electrons. The van der Waals surface area contributed by atoms with E-state index in [4.69, 9.17) is 0 Å². The monoisotopic (exact) mass is 206 g/mol. The van der Waals surface area contributed by atoms with Crippen molar-refractivity contribution in [1.82, 2.24) is 0 Å². The maximum absolute atomic E-state index is 13.4. The fourth-order valence-corrected chi connectivity index (χ4v) is 1.44. The first-order chi connectivity index (χ1) is 7.11. The number of esters is 2. The lowest BCUT2D eigenvalue weighted by atomic mass is 10.0. The molecule has 1 heterocycles. The van der Waals surface area contributed by atoms with Gasteiger partial charge in [-0.1, -0.05) is 18.2 Å². The Morgan fingerprint density at radius 1 is 1.13 bits per heavy atom. The molecule has 0 spiro atoms. The van der Waals surface area contributed by atoms with Gasteiger partial charge in [-0.3, -0.25) is 0 Å². The fraction of sp³-hybridized carbons (Fsp3) is 0.0909. The average molecular weight is 206 g/mol. The number of benzene rings is 1. The number of rotatable bonds is 1. The maximum Gasteiger partial charge on any atom is 0.347 e. The SMILES string of the molecule is CC1=C(c2ccccc2F)C(=O)OC1=O. The van der Waals surface area contributed by atoms with Crippen molar-refractivity contribution in [2.45, 2.75) is 6.92 Å². The summed E-state index contributed by atoms with van der Waals surface area (Å²) < 4.78 is 17.7. The third kappa shape index (κ3) is 1.44. The molecule has 1 aliphatic rings. The number of carbonyl (C=O) groups is 2. The van der Waals surface area contributed by atoms with Crippen LogP contribution in [0.4, 0.5) is 4.39 Å². The molecule has 76 valence electrons. The third-order valence-electron chi connectivity index (χ3n) is 2.21. The highest BCUT2D eigenvalue weighted by Gasteiger charge is 2.32. The zero-order valence-corrected chi connectivity index (χ0v) is 7.91. The molecule has 1 aromatic rings. The van der Waals surface area contributed by atoms with E-state index in [9.17, 15) is 14.0 Å². The third-order valence-corrected chi connectivity index (χ3v) is 2.21. The van der Waals surface area contributed by atoms with Crippen LogP contribution in [0.3, 0.4) is 0 Å². The van der Waals surface area contributed by atoms with E-state index in [2.05, 4.69) is 4.74 Å². The van der Waals surface area contributed by atoms with Gasteiger partial charge < -0.3 is 4.74 Å². The predicted molar refractivity (Wildman–Crippen MR) is 50.1 cm³/mol. The highest BCUT2D eigenvalue weighted by molar-refractivity contribution is 6.30. The molecule has 2 rings (SSSR count). The molecule has 0 saturated heterocycles. The second-order valence-electron chi connectivity index (χ2n) is 3.16. The van der Waals surface area contributed by atoms with Gasteiger partial charge in [0.1, 0.15) is 5.82 Å². The molecule has 15 heavy (non-hydrogen) atoms. The molecule has 0 amide bonds. The molecule has 1 aromatic carbocycles. The Kier molecular flexibility index (Phi) is 2.11. The second kappa shape index (κ2) is 3.31. The minimum atomic E-state index is -0.789. The summed E-state index contributed by atoms with van der Waals surface area (Å²) in [5.74, 6) is -2.04. The highest BCUT2D eigenvalue weighted by Crippen LogP contribution is 2.28. The Morgan fingerprint density at radius 2 is 1.80 bits per heavy atom. The van der Waals surface area contributed by atoms with E-state index in [0.717, 1.165) is 0 Å². The standard InChI is InChI=1S/C11H7FO3/c1-6-9(11(14)15-10(6)13)7-4-2-3-5-8(7)12/h2-5H,1H3. The Balaban J connectivity index is 2.62. The van der Waals surface area contributed by atoms with E-state index in [0.29, 0.717) is 0 Å². The Morgan fingerprint density at radius 3 is 2.33 bits per heavy atom. The van der Waals surface area contributed by atoms with Crippen LogP contribution >= 0.6 is 0 Å². The lowest BCUT2D eigenvalue weighted by molar-refractivity contribution is -0.150. The van der Waals surface area contributed by atoms with E-state index in [-0.39, 0.29) is 16.7 Å². The first-order valence-electron chi connectivity index (χ1n) is 4.33. The molecule has 0 N–H and O–H groups in total. The van der Waals surface area contributed by atoms with Gasteiger partial charge in [-0.05, 0) is 13.0 Å². The number of hydrogen-bond donors (Lipinski definition) is 0. The van der Waals surface area contributed by atoms with Crippen LogP contribution in [0.25, 0.3) is 5.57 Å².